The van der Waals surface area contributed by atoms with Crippen molar-refractivity contribution in [2.24, 2.45) is 5.92 Å². The van der Waals surface area contributed by atoms with Crippen molar-refractivity contribution in [2.45, 2.75) is 19.4 Å². The number of rotatable bonds is 7. The lowest BCUT2D eigenvalue weighted by Crippen LogP contribution is -2.32. The van der Waals surface area contributed by atoms with Crippen molar-refractivity contribution in [1.29, 1.82) is 0 Å². The number of halogens is 1. The molecule has 0 heterocycles. The largest absolute Gasteiger partial charge is 0.494 e. The lowest BCUT2D eigenvalue weighted by Gasteiger charge is -2.08. The Hall–Kier alpha value is -1.62. The van der Waals surface area contributed by atoms with E-state index in [1.807, 2.05) is 6.07 Å². The minimum Gasteiger partial charge on any atom is -0.494 e. The van der Waals surface area contributed by atoms with Crippen molar-refractivity contribution in [3.05, 3.63) is 29.6 Å². The molecule has 19 heavy (non-hydrogen) atoms. The number of nitrogens with one attached hydrogen (secondary N) is 2. The van der Waals surface area contributed by atoms with E-state index in [0.29, 0.717) is 19.6 Å². The van der Waals surface area contributed by atoms with Crippen LogP contribution in [0.1, 0.15) is 18.4 Å². The SMILES string of the molecule is COc1ccc(CNCCNC(=O)C2CC2)cc1F. The first kappa shape index (κ1) is 13.8. The summed E-state index contributed by atoms with van der Waals surface area (Å²) in [5.74, 6) is 0.289. The molecule has 4 nitrogen and oxygen atoms in total. The molecule has 104 valence electrons. The Balaban J connectivity index is 1.64. The summed E-state index contributed by atoms with van der Waals surface area (Å²) in [4.78, 5) is 11.4. The van der Waals surface area contributed by atoms with Crippen LogP contribution in [0.2, 0.25) is 0 Å². The van der Waals surface area contributed by atoms with E-state index < -0.39 is 0 Å². The number of methoxy groups -OCH3 is 1. The van der Waals surface area contributed by atoms with E-state index in [1.165, 1.54) is 13.2 Å². The van der Waals surface area contributed by atoms with Crippen LogP contribution in [0, 0.1) is 11.7 Å². The summed E-state index contributed by atoms with van der Waals surface area (Å²) >= 11 is 0. The molecule has 0 atom stereocenters. The maximum Gasteiger partial charge on any atom is 0.223 e. The monoisotopic (exact) mass is 266 g/mol. The Kier molecular flexibility index (Phi) is 4.74. The molecule has 0 unspecified atom stereocenters. The van der Waals surface area contributed by atoms with Gasteiger partial charge in [0.2, 0.25) is 5.91 Å². The number of carbonyl (C=O) groups is 1. The normalized spacial score (nSPS) is 14.2. The summed E-state index contributed by atoms with van der Waals surface area (Å²) in [7, 11) is 1.44. The molecule has 1 aliphatic rings. The highest BCUT2D eigenvalue weighted by atomic mass is 19.1. The van der Waals surface area contributed by atoms with Crippen LogP contribution in [-0.4, -0.2) is 26.1 Å². The molecule has 1 saturated carbocycles. The van der Waals surface area contributed by atoms with Crippen molar-refractivity contribution in [3.8, 4) is 5.75 Å². The van der Waals surface area contributed by atoms with E-state index in [-0.39, 0.29) is 23.4 Å². The average molecular weight is 266 g/mol. The second kappa shape index (κ2) is 6.52. The first-order valence-electron chi connectivity index (χ1n) is 6.51. The van der Waals surface area contributed by atoms with Crippen LogP contribution in [0.3, 0.4) is 0 Å². The Morgan fingerprint density at radius 3 is 2.84 bits per heavy atom. The molecule has 0 bridgehead atoms. The van der Waals surface area contributed by atoms with Crippen molar-refractivity contribution in [2.75, 3.05) is 20.2 Å². The molecule has 2 N–H and O–H groups in total. The molecule has 0 saturated heterocycles. The number of hydrogen-bond donors (Lipinski definition) is 2. The molecular weight excluding hydrogens is 247 g/mol. The Labute approximate surface area is 112 Å². The fourth-order valence-electron chi connectivity index (χ4n) is 1.82. The molecular formula is C14H19FN2O2. The molecule has 1 aromatic carbocycles. The molecule has 0 spiro atoms. The molecule has 0 aliphatic heterocycles. The van der Waals surface area contributed by atoms with Crippen LogP contribution in [0.25, 0.3) is 0 Å². The summed E-state index contributed by atoms with van der Waals surface area (Å²) in [5.41, 5.74) is 0.854. The Morgan fingerprint density at radius 1 is 1.42 bits per heavy atom. The van der Waals surface area contributed by atoms with Crippen LogP contribution in [0.5, 0.6) is 5.75 Å². The molecule has 1 aromatic rings. The summed E-state index contributed by atoms with van der Waals surface area (Å²) in [6, 6.07) is 4.88. The maximum atomic E-state index is 13.4. The minimum atomic E-state index is -0.358. The topological polar surface area (TPSA) is 50.4 Å². The fourth-order valence-corrected chi connectivity index (χ4v) is 1.82. The third-order valence-corrected chi connectivity index (χ3v) is 3.09. The van der Waals surface area contributed by atoms with Gasteiger partial charge in [0, 0.05) is 25.6 Å². The van der Waals surface area contributed by atoms with Crippen molar-refractivity contribution in [1.82, 2.24) is 10.6 Å². The van der Waals surface area contributed by atoms with E-state index in [2.05, 4.69) is 10.6 Å². The highest BCUT2D eigenvalue weighted by Gasteiger charge is 2.28. The predicted molar refractivity (Wildman–Crippen MR) is 70.4 cm³/mol. The zero-order valence-corrected chi connectivity index (χ0v) is 11.0. The highest BCUT2D eigenvalue weighted by Crippen LogP contribution is 2.28. The summed E-state index contributed by atoms with van der Waals surface area (Å²) in [5, 5.41) is 6.02. The van der Waals surface area contributed by atoms with Gasteiger partial charge in [-0.1, -0.05) is 6.07 Å². The zero-order valence-electron chi connectivity index (χ0n) is 11.0. The summed E-state index contributed by atoms with van der Waals surface area (Å²) in [6.07, 6.45) is 2.04. The standard InChI is InChI=1S/C14H19FN2O2/c1-19-13-5-2-10(8-12(13)15)9-16-6-7-17-14(18)11-3-4-11/h2,5,8,11,16H,3-4,6-7,9H2,1H3,(H,17,18). The van der Waals surface area contributed by atoms with Gasteiger partial charge in [-0.15, -0.1) is 0 Å². The lowest BCUT2D eigenvalue weighted by molar-refractivity contribution is -0.122. The maximum absolute atomic E-state index is 13.4. The van der Waals surface area contributed by atoms with Gasteiger partial charge in [-0.05, 0) is 30.5 Å². The fraction of sp³-hybridized carbons (Fsp3) is 0.500. The van der Waals surface area contributed by atoms with Gasteiger partial charge >= 0.3 is 0 Å². The van der Waals surface area contributed by atoms with Gasteiger partial charge < -0.3 is 15.4 Å². The van der Waals surface area contributed by atoms with Gasteiger partial charge in [0.05, 0.1) is 7.11 Å². The highest BCUT2D eigenvalue weighted by molar-refractivity contribution is 5.80. The van der Waals surface area contributed by atoms with Gasteiger partial charge in [0.25, 0.3) is 0 Å². The minimum absolute atomic E-state index is 0.150. The molecule has 1 aliphatic carbocycles. The third-order valence-electron chi connectivity index (χ3n) is 3.09. The second-order valence-corrected chi connectivity index (χ2v) is 4.71. The summed E-state index contributed by atoms with van der Waals surface area (Å²) < 4.78 is 18.3. The van der Waals surface area contributed by atoms with Gasteiger partial charge in [0.1, 0.15) is 0 Å². The smallest absolute Gasteiger partial charge is 0.223 e. The Morgan fingerprint density at radius 2 is 2.21 bits per heavy atom. The molecule has 1 amide bonds. The van der Waals surface area contributed by atoms with Gasteiger partial charge in [0.15, 0.2) is 11.6 Å². The van der Waals surface area contributed by atoms with E-state index in [4.69, 9.17) is 4.74 Å². The van der Waals surface area contributed by atoms with Crippen LogP contribution in [0.4, 0.5) is 4.39 Å². The second-order valence-electron chi connectivity index (χ2n) is 4.71. The first-order chi connectivity index (χ1) is 9.20. The number of amides is 1. The van der Waals surface area contributed by atoms with Gasteiger partial charge in [-0.2, -0.15) is 0 Å². The van der Waals surface area contributed by atoms with Crippen molar-refractivity contribution in [3.63, 3.8) is 0 Å². The molecule has 0 aromatic heterocycles. The first-order valence-corrected chi connectivity index (χ1v) is 6.51. The molecule has 5 heteroatoms. The summed E-state index contributed by atoms with van der Waals surface area (Å²) in [6.45, 7) is 1.85. The van der Waals surface area contributed by atoms with E-state index in [9.17, 15) is 9.18 Å². The van der Waals surface area contributed by atoms with Gasteiger partial charge in [-0.25, -0.2) is 4.39 Å². The number of benzene rings is 1. The Bertz CT molecular complexity index is 447. The van der Waals surface area contributed by atoms with Crippen molar-refractivity contribution < 1.29 is 13.9 Å². The number of carbonyl (C=O) groups excluding carboxylic acids is 1. The zero-order chi connectivity index (χ0) is 13.7. The van der Waals surface area contributed by atoms with Crippen molar-refractivity contribution >= 4 is 5.91 Å². The molecule has 2 rings (SSSR count). The quantitative estimate of drug-likeness (QED) is 0.734. The third kappa shape index (κ3) is 4.21. The average Bonchev–Trinajstić information content (AvgIpc) is 3.22. The number of ether oxygens (including phenoxy) is 1. The molecule has 0 radical (unpaired) electrons. The van der Waals surface area contributed by atoms with Gasteiger partial charge in [-0.3, -0.25) is 4.79 Å². The van der Waals surface area contributed by atoms with Crippen LogP contribution in [0.15, 0.2) is 18.2 Å². The van der Waals surface area contributed by atoms with E-state index in [1.54, 1.807) is 6.07 Å². The number of hydrogen-bond acceptors (Lipinski definition) is 3. The predicted octanol–water partition coefficient (Wildman–Crippen LogP) is 1.45. The molecule has 1 fully saturated rings. The lowest BCUT2D eigenvalue weighted by atomic mass is 10.2. The van der Waals surface area contributed by atoms with E-state index >= 15 is 0 Å². The van der Waals surface area contributed by atoms with Crippen LogP contribution < -0.4 is 15.4 Å². The van der Waals surface area contributed by atoms with Crippen LogP contribution in [-0.2, 0) is 11.3 Å². The van der Waals surface area contributed by atoms with E-state index in [0.717, 1.165) is 18.4 Å². The van der Waals surface area contributed by atoms with Crippen LogP contribution >= 0.6 is 0 Å².